The number of fused-ring (bicyclic) bond motifs is 1. The highest BCUT2D eigenvalue weighted by Gasteiger charge is 2.03. The van der Waals surface area contributed by atoms with Gasteiger partial charge in [-0.15, -0.1) is 0 Å². The number of hydrogen-bond donors (Lipinski definition) is 1. The summed E-state index contributed by atoms with van der Waals surface area (Å²) < 4.78 is 6.93. The summed E-state index contributed by atoms with van der Waals surface area (Å²) in [5, 5.41) is 2.69. The molecule has 1 amide bonds. The number of anilines is 1. The van der Waals surface area contributed by atoms with E-state index in [-0.39, 0.29) is 5.91 Å². The number of nitrogens with one attached hydrogen (secondary N) is 1. The summed E-state index contributed by atoms with van der Waals surface area (Å²) in [6, 6.07) is 9.20. The quantitative estimate of drug-likeness (QED) is 0.730. The minimum atomic E-state index is -0.250. The molecule has 1 N–H and O–H groups in total. The fourth-order valence-corrected chi connectivity index (χ4v) is 1.71. The van der Waals surface area contributed by atoms with Crippen LogP contribution in [0.15, 0.2) is 59.5 Å². The van der Waals surface area contributed by atoms with Gasteiger partial charge < -0.3 is 14.1 Å². The van der Waals surface area contributed by atoms with Crippen molar-refractivity contribution in [1.82, 2.24) is 9.38 Å². The summed E-state index contributed by atoms with van der Waals surface area (Å²) in [5.74, 6) is 0.894. The second-order valence-electron chi connectivity index (χ2n) is 3.93. The zero-order valence-corrected chi connectivity index (χ0v) is 9.98. The maximum Gasteiger partial charge on any atom is 0.249 e. The Balaban J connectivity index is 1.72. The predicted octanol–water partition coefficient (Wildman–Crippen LogP) is 2.58. The van der Waals surface area contributed by atoms with Crippen LogP contribution in [0.5, 0.6) is 0 Å². The first-order valence-corrected chi connectivity index (χ1v) is 5.77. The Morgan fingerprint density at radius 1 is 1.32 bits per heavy atom. The van der Waals surface area contributed by atoms with E-state index in [1.54, 1.807) is 30.7 Å². The van der Waals surface area contributed by atoms with Crippen LogP contribution in [0.3, 0.4) is 0 Å². The molecule has 94 valence electrons. The molecule has 0 aliphatic heterocycles. The van der Waals surface area contributed by atoms with Crippen molar-refractivity contribution in [2.75, 3.05) is 5.32 Å². The maximum absolute atomic E-state index is 11.7. The molecule has 0 unspecified atom stereocenters. The summed E-state index contributed by atoms with van der Waals surface area (Å²) in [4.78, 5) is 16.0. The highest BCUT2D eigenvalue weighted by Crippen LogP contribution is 2.09. The molecule has 3 heterocycles. The Kier molecular flexibility index (Phi) is 2.86. The zero-order chi connectivity index (χ0) is 13.1. The number of hydrogen-bond acceptors (Lipinski definition) is 3. The first-order valence-electron chi connectivity index (χ1n) is 5.77. The Bertz CT molecular complexity index is 693. The average molecular weight is 253 g/mol. The van der Waals surface area contributed by atoms with Crippen molar-refractivity contribution >= 4 is 23.4 Å². The Morgan fingerprint density at radius 2 is 2.26 bits per heavy atom. The van der Waals surface area contributed by atoms with E-state index in [4.69, 9.17) is 4.42 Å². The van der Waals surface area contributed by atoms with E-state index in [2.05, 4.69) is 10.3 Å². The summed E-state index contributed by atoms with van der Waals surface area (Å²) in [6.45, 7) is 0. The van der Waals surface area contributed by atoms with Gasteiger partial charge in [0.1, 0.15) is 11.4 Å². The Labute approximate surface area is 109 Å². The first kappa shape index (κ1) is 11.3. The fraction of sp³-hybridized carbons (Fsp3) is 0. The van der Waals surface area contributed by atoms with Crippen LogP contribution in [0.25, 0.3) is 11.7 Å². The molecule has 0 atom stereocenters. The van der Waals surface area contributed by atoms with Gasteiger partial charge in [0.25, 0.3) is 0 Å². The van der Waals surface area contributed by atoms with Gasteiger partial charge in [-0.1, -0.05) is 6.07 Å². The topological polar surface area (TPSA) is 59.5 Å². The lowest BCUT2D eigenvalue weighted by Crippen LogP contribution is -2.07. The van der Waals surface area contributed by atoms with E-state index in [9.17, 15) is 4.79 Å². The number of amides is 1. The molecule has 3 aromatic rings. The van der Waals surface area contributed by atoms with Crippen LogP contribution in [-0.2, 0) is 4.79 Å². The van der Waals surface area contributed by atoms with Crippen molar-refractivity contribution in [3.8, 4) is 0 Å². The number of nitrogens with zero attached hydrogens (tertiary/aromatic N) is 2. The van der Waals surface area contributed by atoms with E-state index in [1.165, 1.54) is 6.08 Å². The molecule has 0 aliphatic carbocycles. The number of carbonyl (C=O) groups is 1. The molecule has 5 nitrogen and oxygen atoms in total. The van der Waals surface area contributed by atoms with Crippen molar-refractivity contribution in [2.45, 2.75) is 0 Å². The zero-order valence-electron chi connectivity index (χ0n) is 9.98. The SMILES string of the molecule is O=C(/C=C/c1ccco1)Nc1cn2ccccc2n1. The highest BCUT2D eigenvalue weighted by molar-refractivity contribution is 6.01. The Hall–Kier alpha value is -2.82. The van der Waals surface area contributed by atoms with Crippen LogP contribution < -0.4 is 5.32 Å². The van der Waals surface area contributed by atoms with Crippen LogP contribution in [0, 0.1) is 0 Å². The third-order valence-corrected chi connectivity index (χ3v) is 2.56. The van der Waals surface area contributed by atoms with Gasteiger partial charge in [0, 0.05) is 12.3 Å². The Morgan fingerprint density at radius 3 is 3.05 bits per heavy atom. The lowest BCUT2D eigenvalue weighted by atomic mass is 10.4. The number of aromatic nitrogens is 2. The molecular weight excluding hydrogens is 242 g/mol. The molecule has 0 radical (unpaired) electrons. The normalized spacial score (nSPS) is 11.2. The molecule has 0 fully saturated rings. The number of carbonyl (C=O) groups excluding carboxylic acids is 1. The molecule has 5 heteroatoms. The van der Waals surface area contributed by atoms with Gasteiger partial charge in [0.15, 0.2) is 5.82 Å². The molecule has 0 bridgehead atoms. The molecule has 0 saturated heterocycles. The van der Waals surface area contributed by atoms with E-state index in [0.717, 1.165) is 5.65 Å². The van der Waals surface area contributed by atoms with Crippen molar-refractivity contribution in [1.29, 1.82) is 0 Å². The molecular formula is C14H11N3O2. The van der Waals surface area contributed by atoms with E-state index in [0.29, 0.717) is 11.6 Å². The largest absolute Gasteiger partial charge is 0.465 e. The number of furan rings is 1. The van der Waals surface area contributed by atoms with Gasteiger partial charge >= 0.3 is 0 Å². The monoisotopic (exact) mass is 253 g/mol. The molecule has 3 aromatic heterocycles. The molecule has 0 aliphatic rings. The van der Waals surface area contributed by atoms with Crippen LogP contribution in [0.2, 0.25) is 0 Å². The molecule has 3 rings (SSSR count). The summed E-state index contributed by atoms with van der Waals surface area (Å²) in [7, 11) is 0. The van der Waals surface area contributed by atoms with Crippen LogP contribution >= 0.6 is 0 Å². The lowest BCUT2D eigenvalue weighted by Gasteiger charge is -1.94. The molecule has 0 spiro atoms. The van der Waals surface area contributed by atoms with Crippen molar-refractivity contribution < 1.29 is 9.21 Å². The molecule has 0 saturated carbocycles. The van der Waals surface area contributed by atoms with Gasteiger partial charge in [0.2, 0.25) is 5.91 Å². The minimum Gasteiger partial charge on any atom is -0.465 e. The number of imidazole rings is 1. The van der Waals surface area contributed by atoms with E-state index < -0.39 is 0 Å². The standard InChI is InChI=1S/C14H11N3O2/c18-14(7-6-11-4-3-9-19-11)16-12-10-17-8-2-1-5-13(17)15-12/h1-10H,(H,16,18)/b7-6+. The summed E-state index contributed by atoms with van der Waals surface area (Å²) in [6.07, 6.45) is 8.19. The smallest absolute Gasteiger partial charge is 0.249 e. The van der Waals surface area contributed by atoms with Crippen LogP contribution in [-0.4, -0.2) is 15.3 Å². The van der Waals surface area contributed by atoms with Crippen molar-refractivity contribution in [3.63, 3.8) is 0 Å². The predicted molar refractivity (Wildman–Crippen MR) is 71.6 cm³/mol. The van der Waals surface area contributed by atoms with Gasteiger partial charge in [-0.05, 0) is 30.3 Å². The third-order valence-electron chi connectivity index (χ3n) is 2.56. The number of pyridine rings is 1. The van der Waals surface area contributed by atoms with Gasteiger partial charge in [-0.2, -0.15) is 0 Å². The summed E-state index contributed by atoms with van der Waals surface area (Å²) in [5.41, 5.74) is 0.785. The number of rotatable bonds is 3. The van der Waals surface area contributed by atoms with Gasteiger partial charge in [0.05, 0.1) is 12.5 Å². The van der Waals surface area contributed by atoms with E-state index >= 15 is 0 Å². The van der Waals surface area contributed by atoms with Gasteiger partial charge in [-0.25, -0.2) is 4.98 Å². The van der Waals surface area contributed by atoms with Crippen molar-refractivity contribution in [3.05, 3.63) is 60.8 Å². The first-order chi connectivity index (χ1) is 9.31. The second kappa shape index (κ2) is 4.81. The van der Waals surface area contributed by atoms with E-state index in [1.807, 2.05) is 28.8 Å². The van der Waals surface area contributed by atoms with Gasteiger partial charge in [-0.3, -0.25) is 4.79 Å². The lowest BCUT2D eigenvalue weighted by molar-refractivity contribution is -0.111. The molecule has 0 aromatic carbocycles. The fourth-order valence-electron chi connectivity index (χ4n) is 1.71. The van der Waals surface area contributed by atoms with Crippen molar-refractivity contribution in [2.24, 2.45) is 0 Å². The average Bonchev–Trinajstić information content (AvgIpc) is 3.04. The maximum atomic E-state index is 11.7. The minimum absolute atomic E-state index is 0.250. The summed E-state index contributed by atoms with van der Waals surface area (Å²) >= 11 is 0. The second-order valence-corrected chi connectivity index (χ2v) is 3.93. The third kappa shape index (κ3) is 2.55. The van der Waals surface area contributed by atoms with Crippen LogP contribution in [0.1, 0.15) is 5.76 Å². The van der Waals surface area contributed by atoms with Crippen LogP contribution in [0.4, 0.5) is 5.82 Å². The highest BCUT2D eigenvalue weighted by atomic mass is 16.3. The molecule has 19 heavy (non-hydrogen) atoms.